The van der Waals surface area contributed by atoms with E-state index < -0.39 is 0 Å². The number of fused-ring (bicyclic) bond motifs is 15. The zero-order chi connectivity index (χ0) is 82.9. The number of nitrogens with one attached hydrogen (secondary N) is 3. The third kappa shape index (κ3) is 13.7. The second-order valence-electron chi connectivity index (χ2n) is 29.6. The Morgan fingerprint density at radius 3 is 1.12 bits per heavy atom. The van der Waals surface area contributed by atoms with Crippen molar-refractivity contribution in [2.24, 2.45) is 30.7 Å². The smallest absolute Gasteiger partial charge is 0.261 e. The number of H-pyrrole nitrogens is 3. The maximum atomic E-state index is 15.0. The van der Waals surface area contributed by atoms with Crippen molar-refractivity contribution in [2.45, 2.75) is 40.5 Å². The highest BCUT2D eigenvalue weighted by Crippen LogP contribution is 2.49. The molecule has 2 radical (unpaired) electrons. The van der Waals surface area contributed by atoms with Gasteiger partial charge in [-0.05, 0) is 235 Å². The molecule has 0 aliphatic carbocycles. The Bertz CT molecular complexity index is 7170. The molecule has 3 N–H and O–H groups in total. The number of carbonyl (C=O) groups is 3. The van der Waals surface area contributed by atoms with Crippen molar-refractivity contribution < 1.29 is 19.1 Å². The first-order valence-corrected chi connectivity index (χ1v) is 40.3. The lowest BCUT2D eigenvalue weighted by Crippen LogP contribution is -2.27. The maximum Gasteiger partial charge on any atom is 0.261 e. The van der Waals surface area contributed by atoms with E-state index in [4.69, 9.17) is 77.1 Å². The van der Waals surface area contributed by atoms with Crippen LogP contribution in [0.1, 0.15) is 72.7 Å². The quantitative estimate of drug-likeness (QED) is 0.0567. The van der Waals surface area contributed by atoms with Crippen molar-refractivity contribution in [2.75, 3.05) is 47.9 Å². The highest BCUT2D eigenvalue weighted by atomic mass is 35.5. The number of methoxy groups -OCH3 is 1. The summed E-state index contributed by atoms with van der Waals surface area (Å²) in [5.74, 6) is 4.86. The Morgan fingerprint density at radius 2 is 0.733 bits per heavy atom. The van der Waals surface area contributed by atoms with E-state index in [1.165, 1.54) is 12.0 Å². The molecule has 0 aliphatic heterocycles. The molecule has 3 amide bonds. The third-order valence-corrected chi connectivity index (χ3v) is 23.5. The van der Waals surface area contributed by atoms with Gasteiger partial charge in [0.25, 0.3) is 17.7 Å². The van der Waals surface area contributed by atoms with E-state index in [1.807, 2.05) is 265 Å². The van der Waals surface area contributed by atoms with Gasteiger partial charge in [-0.1, -0.05) is 145 Å². The number of aromatic amines is 3. The molecule has 18 aromatic rings. The largest absolute Gasteiger partial charge is 0.494 e. The number of nitrogens with zero attached hydrogens (tertiary/aromatic N) is 10. The molecule has 0 saturated heterocycles. The van der Waals surface area contributed by atoms with E-state index in [-0.39, 0.29) is 29.0 Å². The maximum absolute atomic E-state index is 15.0. The van der Waals surface area contributed by atoms with Crippen LogP contribution in [0.25, 0.3) is 97.7 Å². The molecule has 0 spiro atoms. The minimum Gasteiger partial charge on any atom is -0.494 e. The molecule has 17 nitrogen and oxygen atoms in total. The monoisotopic (exact) mass is 1630 g/mol. The molecule has 3 aromatic heterocycles. The molecule has 0 unspecified atom stereocenters. The standard InChI is InChI=1S/C100H74Cl3N13O4/c1-10-19-60-22-15-18-25-87(60)115(8)100(119)81-52-63-28-46-75-80-55-66(103)31-49-84(80)106-95(75)90(63)96(97(81)120-9)112-109-69-36-42-72(43-37-69)116(70-38-32-67(33-39-70)107-110-91-56(4)76(98(117)113(6)85-23-16-13-20-58(85)11-2)50-61-26-44-73-78-53-64(101)29-47-82(78)104-93(73)88(61)91)71-40-34-68(35-41-71)108-111-92-57(5)77(99(118)114(7)86-24-17-14-21-59(86)12-3)51-62-27-45-74-79-54-65(102)30-48-83(79)105-94(74)89(62)92/h1,13-18,20-55,104-106H,11-12H2,2-9H3. The summed E-state index contributed by atoms with van der Waals surface area (Å²) < 4.78 is 6.27. The molecule has 0 saturated carbocycles. The van der Waals surface area contributed by atoms with E-state index in [1.54, 1.807) is 22.9 Å². The minimum absolute atomic E-state index is 0.183. The van der Waals surface area contributed by atoms with Crippen molar-refractivity contribution in [3.05, 3.63) is 321 Å². The van der Waals surface area contributed by atoms with Crippen molar-refractivity contribution in [3.63, 3.8) is 0 Å². The Labute approximate surface area is 705 Å². The summed E-state index contributed by atoms with van der Waals surface area (Å²) in [5, 5.41) is 42.2. The Morgan fingerprint density at radius 1 is 0.392 bits per heavy atom. The first kappa shape index (κ1) is 77.0. The van der Waals surface area contributed by atoms with Crippen molar-refractivity contribution in [3.8, 4) is 17.6 Å². The van der Waals surface area contributed by atoms with Crippen molar-refractivity contribution in [1.82, 2.24) is 15.0 Å². The van der Waals surface area contributed by atoms with Gasteiger partial charge in [0.05, 0.1) is 70.3 Å². The van der Waals surface area contributed by atoms with Gasteiger partial charge in [0.15, 0.2) is 5.75 Å². The number of halogens is 3. The summed E-state index contributed by atoms with van der Waals surface area (Å²) in [6.45, 7) is 13.7. The summed E-state index contributed by atoms with van der Waals surface area (Å²) in [5.41, 5.74) is 17.7. The molecule has 120 heavy (non-hydrogen) atoms. The molecule has 0 aliphatic rings. The number of anilines is 6. The number of hydrogen-bond donors (Lipinski definition) is 3. The van der Waals surface area contributed by atoms with Crippen LogP contribution < -0.4 is 24.3 Å². The Balaban J connectivity index is 0.750. The van der Waals surface area contributed by atoms with Crippen LogP contribution in [0.5, 0.6) is 5.75 Å². The SMILES string of the molecule is [CH]C#Cc1ccccc1N(C)C(=O)c1cc2ccc3c4cc(Cl)ccc4[nH]c3c2c(N=Nc2ccc(N(c3ccc(N=Nc4c(C)c(C(=O)N(C)c5ccccc5CC)cc5ccc6c7cc(Cl)ccc7[nH]c6c45)cc3)c3ccc(N=Nc4c(C)c(C(=O)N(C)c5ccccc5CC)cc5ccc6c7cc(Cl)ccc7[nH]c6c45)cc3)cc2)c1OC. The van der Waals surface area contributed by atoms with Gasteiger partial charge in [-0.2, -0.15) is 15.3 Å². The molecular formula is C100H74Cl3N13O4. The van der Waals surface area contributed by atoms with Crippen LogP contribution in [0.4, 0.5) is 68.2 Å². The lowest BCUT2D eigenvalue weighted by atomic mass is 9.96. The number of aromatic nitrogens is 3. The summed E-state index contributed by atoms with van der Waals surface area (Å²) >= 11 is 19.9. The summed E-state index contributed by atoms with van der Waals surface area (Å²) in [6.07, 6.45) is 1.49. The minimum atomic E-state index is -0.381. The van der Waals surface area contributed by atoms with Gasteiger partial charge >= 0.3 is 0 Å². The molecule has 0 bridgehead atoms. The van der Waals surface area contributed by atoms with Crippen LogP contribution >= 0.6 is 34.8 Å². The number of carbonyl (C=O) groups excluding carboxylic acids is 3. The van der Waals surface area contributed by atoms with Crippen LogP contribution in [-0.2, 0) is 12.8 Å². The Hall–Kier alpha value is -14.3. The third-order valence-electron chi connectivity index (χ3n) is 22.8. The number of amides is 3. The number of ether oxygens (including phenoxy) is 1. The molecule has 0 atom stereocenters. The van der Waals surface area contributed by atoms with Crippen LogP contribution in [0.15, 0.2) is 285 Å². The molecule has 18 rings (SSSR count). The zero-order valence-corrected chi connectivity index (χ0v) is 68.7. The number of benzene rings is 15. The van der Waals surface area contributed by atoms with Crippen LogP contribution in [0.2, 0.25) is 15.1 Å². The van der Waals surface area contributed by atoms with Crippen LogP contribution in [0.3, 0.4) is 0 Å². The first-order chi connectivity index (χ1) is 58.4. The number of rotatable bonds is 18. The summed E-state index contributed by atoms with van der Waals surface area (Å²) in [6, 6.07) is 81.5. The number of para-hydroxylation sites is 3. The molecule has 0 fully saturated rings. The summed E-state index contributed by atoms with van der Waals surface area (Å²) in [4.78, 5) is 62.9. The molecule has 20 heteroatoms. The second kappa shape index (κ2) is 31.6. The number of azo groups is 3. The highest BCUT2D eigenvalue weighted by Gasteiger charge is 2.30. The average Bonchev–Trinajstić information content (AvgIpc) is 1.62. The topological polar surface area (TPSA) is 195 Å². The van der Waals surface area contributed by atoms with E-state index in [0.29, 0.717) is 93.5 Å². The van der Waals surface area contributed by atoms with Gasteiger partial charge < -0.3 is 39.3 Å². The predicted molar refractivity (Wildman–Crippen MR) is 492 cm³/mol. The number of hydrogen-bond acceptors (Lipinski definition) is 11. The summed E-state index contributed by atoms with van der Waals surface area (Å²) in [7, 11) is 6.82. The van der Waals surface area contributed by atoms with E-state index >= 15 is 4.79 Å². The molecule has 15 aromatic carbocycles. The fourth-order valence-electron chi connectivity index (χ4n) is 16.6. The fourth-order valence-corrected chi connectivity index (χ4v) is 17.2. The predicted octanol–water partition coefficient (Wildman–Crippen LogP) is 28.4. The zero-order valence-electron chi connectivity index (χ0n) is 66.5. The lowest BCUT2D eigenvalue weighted by Gasteiger charge is -2.25. The van der Waals surface area contributed by atoms with Crippen LogP contribution in [-0.4, -0.2) is 60.9 Å². The number of aryl methyl sites for hydroxylation is 2. The normalized spacial score (nSPS) is 11.8. The molecular weight excluding hydrogens is 1550 g/mol. The fraction of sp³-hybridized carbons (Fsp3) is 0.100. The van der Waals surface area contributed by atoms with E-state index in [9.17, 15) is 9.59 Å². The van der Waals surface area contributed by atoms with Gasteiger partial charge in [0, 0.05) is 146 Å². The van der Waals surface area contributed by atoms with E-state index in [0.717, 1.165) is 139 Å². The average molecular weight is 1630 g/mol. The van der Waals surface area contributed by atoms with E-state index in [2.05, 4.69) is 57.7 Å². The van der Waals surface area contributed by atoms with Crippen molar-refractivity contribution >= 4 is 219 Å². The van der Waals surface area contributed by atoms with Gasteiger partial charge in [0.2, 0.25) is 0 Å². The second-order valence-corrected chi connectivity index (χ2v) is 30.9. The van der Waals surface area contributed by atoms with Gasteiger partial charge in [-0.15, -0.1) is 15.3 Å². The van der Waals surface area contributed by atoms with Gasteiger partial charge in [0.1, 0.15) is 5.69 Å². The highest BCUT2D eigenvalue weighted by molar-refractivity contribution is 6.34. The lowest BCUT2D eigenvalue weighted by molar-refractivity contribution is 0.0983. The molecule has 3 heterocycles. The Kier molecular flexibility index (Phi) is 20.3. The first-order valence-electron chi connectivity index (χ1n) is 39.1. The van der Waals surface area contributed by atoms with Crippen LogP contribution in [0, 0.1) is 32.6 Å². The van der Waals surface area contributed by atoms with Gasteiger partial charge in [-0.25, -0.2) is 0 Å². The van der Waals surface area contributed by atoms with Gasteiger partial charge in [-0.3, -0.25) is 14.4 Å². The molecule has 584 valence electrons. The van der Waals surface area contributed by atoms with Crippen molar-refractivity contribution in [1.29, 1.82) is 0 Å².